The number of rotatable bonds is 6. The fourth-order valence-electron chi connectivity index (χ4n) is 3.28. The third kappa shape index (κ3) is 4.79. The van der Waals surface area contributed by atoms with Gasteiger partial charge in [-0.15, -0.1) is 0 Å². The molecule has 3 rings (SSSR count). The number of imidazole rings is 1. The number of fused-ring (bicyclic) bond motifs is 1. The molecule has 1 amide bonds. The van der Waals surface area contributed by atoms with E-state index in [1.807, 2.05) is 29.2 Å². The first-order chi connectivity index (χ1) is 11.9. The van der Waals surface area contributed by atoms with Crippen LogP contribution in [0.2, 0.25) is 0 Å². The predicted molar refractivity (Wildman–Crippen MR) is 96.6 cm³/mol. The fourth-order valence-corrected chi connectivity index (χ4v) is 3.78. The van der Waals surface area contributed by atoms with Gasteiger partial charge in [-0.1, -0.05) is 12.1 Å². The molecule has 1 atom stereocenters. The van der Waals surface area contributed by atoms with Gasteiger partial charge in [-0.05, 0) is 31.4 Å². The van der Waals surface area contributed by atoms with Crippen LogP contribution in [-0.4, -0.2) is 54.6 Å². The van der Waals surface area contributed by atoms with E-state index in [1.165, 1.54) is 0 Å². The summed E-state index contributed by atoms with van der Waals surface area (Å²) in [5, 5.41) is 0. The number of para-hydroxylation sites is 2. The Labute approximate surface area is 147 Å². The largest absolute Gasteiger partial charge is 0.342 e. The van der Waals surface area contributed by atoms with Gasteiger partial charge in [0.2, 0.25) is 15.9 Å². The highest BCUT2D eigenvalue weighted by Crippen LogP contribution is 2.19. The minimum Gasteiger partial charge on any atom is -0.342 e. The molecule has 0 saturated carbocycles. The number of nitrogens with one attached hydrogen (secondary N) is 2. The van der Waals surface area contributed by atoms with Gasteiger partial charge >= 0.3 is 0 Å². The number of hydrogen-bond acceptors (Lipinski definition) is 4. The van der Waals surface area contributed by atoms with Gasteiger partial charge in [-0.2, -0.15) is 0 Å². The number of amides is 1. The van der Waals surface area contributed by atoms with Crippen LogP contribution in [0.1, 0.15) is 31.5 Å². The van der Waals surface area contributed by atoms with Crippen LogP contribution in [0.3, 0.4) is 0 Å². The molecule has 25 heavy (non-hydrogen) atoms. The van der Waals surface area contributed by atoms with Crippen molar-refractivity contribution in [1.82, 2.24) is 19.6 Å². The molecule has 2 N–H and O–H groups in total. The first-order valence-electron chi connectivity index (χ1n) is 8.60. The molecule has 1 unspecified atom stereocenters. The molecule has 0 aliphatic carbocycles. The Morgan fingerprint density at radius 3 is 2.92 bits per heavy atom. The predicted octanol–water partition coefficient (Wildman–Crippen LogP) is 1.43. The van der Waals surface area contributed by atoms with Gasteiger partial charge in [0, 0.05) is 32.0 Å². The van der Waals surface area contributed by atoms with Crippen molar-refractivity contribution >= 4 is 27.0 Å². The van der Waals surface area contributed by atoms with E-state index in [4.69, 9.17) is 0 Å². The summed E-state index contributed by atoms with van der Waals surface area (Å²) in [6.07, 6.45) is 4.88. The summed E-state index contributed by atoms with van der Waals surface area (Å²) in [7, 11) is -3.25. The minimum absolute atomic E-state index is 0.0560. The summed E-state index contributed by atoms with van der Waals surface area (Å²) in [5.74, 6) is 0.859. The Balaban J connectivity index is 1.60. The van der Waals surface area contributed by atoms with Crippen molar-refractivity contribution in [2.45, 2.75) is 38.1 Å². The number of aromatic amines is 1. The number of nitrogens with zero attached hydrogens (tertiary/aromatic N) is 2. The molecule has 1 aliphatic heterocycles. The number of H-pyrrole nitrogens is 1. The van der Waals surface area contributed by atoms with Gasteiger partial charge in [0.15, 0.2) is 0 Å². The molecule has 0 bridgehead atoms. The average Bonchev–Trinajstić information content (AvgIpc) is 3.00. The zero-order chi connectivity index (χ0) is 17.9. The summed E-state index contributed by atoms with van der Waals surface area (Å²) < 4.78 is 25.2. The van der Waals surface area contributed by atoms with Crippen LogP contribution in [0.5, 0.6) is 0 Å². The van der Waals surface area contributed by atoms with E-state index in [0.717, 1.165) is 42.4 Å². The molecular formula is C17H24N4O3S. The molecule has 2 aromatic rings. The number of carbonyl (C=O) groups is 1. The van der Waals surface area contributed by atoms with Gasteiger partial charge in [0.25, 0.3) is 0 Å². The van der Waals surface area contributed by atoms with Crippen LogP contribution in [0.15, 0.2) is 24.3 Å². The number of hydrogen-bond donors (Lipinski definition) is 2. The van der Waals surface area contributed by atoms with Gasteiger partial charge in [-0.3, -0.25) is 4.79 Å². The van der Waals surface area contributed by atoms with E-state index in [0.29, 0.717) is 19.4 Å². The van der Waals surface area contributed by atoms with Crippen LogP contribution in [0.4, 0.5) is 0 Å². The average molecular weight is 364 g/mol. The molecule has 8 heteroatoms. The van der Waals surface area contributed by atoms with Crippen LogP contribution in [-0.2, 0) is 21.2 Å². The van der Waals surface area contributed by atoms with E-state index in [1.54, 1.807) is 0 Å². The molecule has 2 heterocycles. The van der Waals surface area contributed by atoms with Gasteiger partial charge in [0.1, 0.15) is 5.82 Å². The highest BCUT2D eigenvalue weighted by Gasteiger charge is 2.27. The number of carbonyl (C=O) groups excluding carboxylic acids is 1. The Bertz CT molecular complexity index is 813. The second kappa shape index (κ2) is 7.53. The molecule has 0 spiro atoms. The zero-order valence-corrected chi connectivity index (χ0v) is 15.2. The second-order valence-corrected chi connectivity index (χ2v) is 8.39. The Hall–Kier alpha value is -1.93. The maximum Gasteiger partial charge on any atom is 0.223 e. The van der Waals surface area contributed by atoms with Crippen molar-refractivity contribution in [2.75, 3.05) is 19.3 Å². The van der Waals surface area contributed by atoms with Gasteiger partial charge < -0.3 is 9.88 Å². The van der Waals surface area contributed by atoms with Crippen molar-refractivity contribution in [3.05, 3.63) is 30.1 Å². The quantitative estimate of drug-likeness (QED) is 0.810. The van der Waals surface area contributed by atoms with Crippen molar-refractivity contribution in [2.24, 2.45) is 0 Å². The lowest BCUT2D eigenvalue weighted by Crippen LogP contribution is -2.49. The SMILES string of the molecule is CS(=O)(=O)NCC1CCCCN1C(=O)CCc1nc2ccccc2[nH]1. The summed E-state index contributed by atoms with van der Waals surface area (Å²) >= 11 is 0. The number of benzene rings is 1. The van der Waals surface area contributed by atoms with Crippen molar-refractivity contribution in [1.29, 1.82) is 0 Å². The van der Waals surface area contributed by atoms with E-state index < -0.39 is 10.0 Å². The van der Waals surface area contributed by atoms with Crippen LogP contribution < -0.4 is 4.72 Å². The number of sulfonamides is 1. The Morgan fingerprint density at radius 1 is 1.36 bits per heavy atom. The van der Waals surface area contributed by atoms with Gasteiger partial charge in [0.05, 0.1) is 17.3 Å². The van der Waals surface area contributed by atoms with Gasteiger partial charge in [-0.25, -0.2) is 18.1 Å². The number of aryl methyl sites for hydroxylation is 1. The van der Waals surface area contributed by atoms with E-state index >= 15 is 0 Å². The zero-order valence-electron chi connectivity index (χ0n) is 14.4. The van der Waals surface area contributed by atoms with E-state index in [9.17, 15) is 13.2 Å². The maximum absolute atomic E-state index is 12.6. The Morgan fingerprint density at radius 2 is 2.16 bits per heavy atom. The standard InChI is InChI=1S/C17H24N4O3S/c1-25(23,24)18-12-13-6-4-5-11-21(13)17(22)10-9-16-19-14-7-2-3-8-15(14)20-16/h2-3,7-8,13,18H,4-6,9-12H2,1H3,(H,19,20). The summed E-state index contributed by atoms with van der Waals surface area (Å²) in [6, 6.07) is 7.72. The number of aromatic nitrogens is 2. The van der Waals surface area contributed by atoms with Crippen LogP contribution >= 0.6 is 0 Å². The molecule has 7 nitrogen and oxygen atoms in total. The summed E-state index contributed by atoms with van der Waals surface area (Å²) in [6.45, 7) is 0.976. The van der Waals surface area contributed by atoms with E-state index in [2.05, 4.69) is 14.7 Å². The second-order valence-electron chi connectivity index (χ2n) is 6.56. The smallest absolute Gasteiger partial charge is 0.223 e. The van der Waals surface area contributed by atoms with E-state index in [-0.39, 0.29) is 18.5 Å². The molecule has 136 valence electrons. The lowest BCUT2D eigenvalue weighted by molar-refractivity contribution is -0.134. The minimum atomic E-state index is -3.25. The number of piperidine rings is 1. The van der Waals surface area contributed by atoms with Crippen LogP contribution in [0, 0.1) is 0 Å². The summed E-state index contributed by atoms with van der Waals surface area (Å²) in [4.78, 5) is 22.2. The Kier molecular flexibility index (Phi) is 5.39. The molecule has 1 fully saturated rings. The topological polar surface area (TPSA) is 95.2 Å². The lowest BCUT2D eigenvalue weighted by Gasteiger charge is -2.35. The molecule has 1 saturated heterocycles. The molecule has 1 aliphatic rings. The highest BCUT2D eigenvalue weighted by molar-refractivity contribution is 7.88. The molecule has 1 aromatic heterocycles. The normalized spacial score (nSPS) is 18.6. The molecular weight excluding hydrogens is 340 g/mol. The number of likely N-dealkylation sites (tertiary alicyclic amines) is 1. The van der Waals surface area contributed by atoms with Crippen LogP contribution in [0.25, 0.3) is 11.0 Å². The summed E-state index contributed by atoms with van der Waals surface area (Å²) in [5.41, 5.74) is 1.87. The molecule has 0 radical (unpaired) electrons. The lowest BCUT2D eigenvalue weighted by atomic mass is 10.0. The maximum atomic E-state index is 12.6. The monoisotopic (exact) mass is 364 g/mol. The first-order valence-corrected chi connectivity index (χ1v) is 10.5. The van der Waals surface area contributed by atoms with Crippen molar-refractivity contribution < 1.29 is 13.2 Å². The highest BCUT2D eigenvalue weighted by atomic mass is 32.2. The fraction of sp³-hybridized carbons (Fsp3) is 0.529. The van der Waals surface area contributed by atoms with Crippen molar-refractivity contribution in [3.8, 4) is 0 Å². The first kappa shape index (κ1) is 17.9. The third-order valence-corrected chi connectivity index (χ3v) is 5.23. The molecule has 1 aromatic carbocycles. The van der Waals surface area contributed by atoms with Crippen molar-refractivity contribution in [3.63, 3.8) is 0 Å². The third-order valence-electron chi connectivity index (χ3n) is 4.54.